The molecule has 3 heterocycles. The fourth-order valence-corrected chi connectivity index (χ4v) is 3.69. The summed E-state index contributed by atoms with van der Waals surface area (Å²) in [5.41, 5.74) is 0.918. The molecule has 7 heteroatoms. The molecule has 7 nitrogen and oxygen atoms in total. The number of fused-ring (bicyclic) bond motifs is 1. The second-order valence-corrected chi connectivity index (χ2v) is 6.84. The van der Waals surface area contributed by atoms with E-state index in [9.17, 15) is 5.11 Å². The summed E-state index contributed by atoms with van der Waals surface area (Å²) in [5.74, 6) is 0. The van der Waals surface area contributed by atoms with Gasteiger partial charge in [-0.2, -0.15) is 0 Å². The Morgan fingerprint density at radius 3 is 2.65 bits per heavy atom. The second-order valence-electron chi connectivity index (χ2n) is 6.84. The van der Waals surface area contributed by atoms with Crippen molar-refractivity contribution in [1.82, 2.24) is 0 Å². The van der Waals surface area contributed by atoms with Gasteiger partial charge in [0.25, 0.3) is 0 Å². The van der Waals surface area contributed by atoms with Gasteiger partial charge in [0.1, 0.15) is 24.4 Å². The van der Waals surface area contributed by atoms with Gasteiger partial charge in [-0.15, -0.1) is 0 Å². The van der Waals surface area contributed by atoms with Crippen LogP contribution in [-0.2, 0) is 28.4 Å². The van der Waals surface area contributed by atoms with E-state index in [0.717, 1.165) is 24.8 Å². The third-order valence-electron chi connectivity index (χ3n) is 5.06. The Hall–Kier alpha value is -1.06. The normalized spacial score (nSPS) is 40.8. The summed E-state index contributed by atoms with van der Waals surface area (Å²) in [6, 6.07) is 9.71. The molecule has 1 aromatic carbocycles. The van der Waals surface area contributed by atoms with Gasteiger partial charge in [0.05, 0.1) is 6.61 Å². The number of hydrogen-bond donors (Lipinski definition) is 1. The Bertz CT molecular complexity index is 562. The van der Waals surface area contributed by atoms with Crippen molar-refractivity contribution in [2.75, 3.05) is 20.3 Å². The van der Waals surface area contributed by atoms with E-state index in [2.05, 4.69) is 0 Å². The Balaban J connectivity index is 1.51. The predicted molar refractivity (Wildman–Crippen MR) is 90.1 cm³/mol. The zero-order valence-electron chi connectivity index (χ0n) is 14.9. The van der Waals surface area contributed by atoms with Crippen molar-refractivity contribution in [2.24, 2.45) is 0 Å². The molecule has 0 radical (unpaired) electrons. The molecule has 0 bridgehead atoms. The zero-order chi connectivity index (χ0) is 17.9. The summed E-state index contributed by atoms with van der Waals surface area (Å²) in [6.07, 6.45) is -1.21. The summed E-state index contributed by atoms with van der Waals surface area (Å²) in [4.78, 5) is 0. The maximum absolute atomic E-state index is 10.7. The summed E-state index contributed by atoms with van der Waals surface area (Å²) in [7, 11) is 1.50. The number of hydrogen-bond acceptors (Lipinski definition) is 7. The van der Waals surface area contributed by atoms with Crippen LogP contribution in [0, 0.1) is 0 Å². The lowest BCUT2D eigenvalue weighted by Gasteiger charge is -2.48. The largest absolute Gasteiger partial charge is 0.385 e. The highest BCUT2D eigenvalue weighted by Crippen LogP contribution is 2.36. The molecule has 26 heavy (non-hydrogen) atoms. The molecule has 3 saturated heterocycles. The standard InChI is InChI=1S/C19H26O7/c1-21-19-15(20)17(25-14-9-5-6-10-22-14)16-13(24-19)11-23-18(26-16)12-7-3-2-4-8-12/h2-4,7-8,13-20H,5-6,9-11H2,1H3/t13-,14?,15-,16-,17-,18?,19+/m1/s1. The van der Waals surface area contributed by atoms with Gasteiger partial charge in [-0.05, 0) is 19.3 Å². The lowest BCUT2D eigenvalue weighted by molar-refractivity contribution is -0.376. The Kier molecular flexibility index (Phi) is 5.85. The third-order valence-corrected chi connectivity index (χ3v) is 5.06. The first-order valence-electron chi connectivity index (χ1n) is 9.21. The van der Waals surface area contributed by atoms with Crippen LogP contribution in [0.3, 0.4) is 0 Å². The second kappa shape index (κ2) is 8.31. The Labute approximate surface area is 153 Å². The Morgan fingerprint density at radius 2 is 1.92 bits per heavy atom. The molecule has 0 aromatic heterocycles. The van der Waals surface area contributed by atoms with Crippen molar-refractivity contribution in [1.29, 1.82) is 0 Å². The molecule has 1 aromatic rings. The molecule has 0 aliphatic carbocycles. The first kappa shape index (κ1) is 18.3. The number of aliphatic hydroxyl groups excluding tert-OH is 1. The molecule has 4 rings (SSSR count). The van der Waals surface area contributed by atoms with Gasteiger partial charge in [0, 0.05) is 19.3 Å². The van der Waals surface area contributed by atoms with E-state index < -0.39 is 30.9 Å². The molecule has 3 aliphatic rings. The first-order chi connectivity index (χ1) is 12.8. The summed E-state index contributed by atoms with van der Waals surface area (Å²) in [5, 5.41) is 10.7. The lowest BCUT2D eigenvalue weighted by atomic mass is 9.97. The minimum absolute atomic E-state index is 0.336. The average molecular weight is 366 g/mol. The maximum atomic E-state index is 10.7. The van der Waals surface area contributed by atoms with Gasteiger partial charge >= 0.3 is 0 Å². The topological polar surface area (TPSA) is 75.6 Å². The van der Waals surface area contributed by atoms with Crippen LogP contribution in [0.1, 0.15) is 31.1 Å². The summed E-state index contributed by atoms with van der Waals surface area (Å²) in [6.45, 7) is 1.00. The fourth-order valence-electron chi connectivity index (χ4n) is 3.69. The van der Waals surface area contributed by atoms with E-state index >= 15 is 0 Å². The van der Waals surface area contributed by atoms with Crippen molar-refractivity contribution in [3.63, 3.8) is 0 Å². The molecule has 0 amide bonds. The van der Waals surface area contributed by atoms with E-state index in [4.69, 9.17) is 28.4 Å². The van der Waals surface area contributed by atoms with E-state index in [1.807, 2.05) is 30.3 Å². The molecule has 3 aliphatic heterocycles. The quantitative estimate of drug-likeness (QED) is 0.870. The number of ether oxygens (including phenoxy) is 6. The van der Waals surface area contributed by atoms with E-state index in [-0.39, 0.29) is 12.4 Å². The molecular weight excluding hydrogens is 340 g/mol. The van der Waals surface area contributed by atoms with E-state index in [0.29, 0.717) is 13.2 Å². The predicted octanol–water partition coefficient (Wildman–Crippen LogP) is 1.74. The maximum Gasteiger partial charge on any atom is 0.186 e. The minimum atomic E-state index is -0.971. The van der Waals surface area contributed by atoms with Crippen molar-refractivity contribution < 1.29 is 33.5 Å². The molecule has 2 unspecified atom stereocenters. The molecule has 0 spiro atoms. The van der Waals surface area contributed by atoms with Crippen molar-refractivity contribution in [2.45, 2.75) is 62.5 Å². The minimum Gasteiger partial charge on any atom is -0.385 e. The van der Waals surface area contributed by atoms with Gasteiger partial charge in [0.2, 0.25) is 0 Å². The molecule has 3 fully saturated rings. The first-order valence-corrected chi connectivity index (χ1v) is 9.21. The van der Waals surface area contributed by atoms with Gasteiger partial charge < -0.3 is 33.5 Å². The monoisotopic (exact) mass is 366 g/mol. The highest BCUT2D eigenvalue weighted by molar-refractivity contribution is 5.16. The summed E-state index contributed by atoms with van der Waals surface area (Å²) < 4.78 is 34.9. The van der Waals surface area contributed by atoms with Crippen LogP contribution in [0.15, 0.2) is 30.3 Å². The SMILES string of the molecule is CO[C@H]1O[C@@H]2COC(c3ccccc3)O[C@H]2[C@H](OC2CCCCO2)[C@H]1O. The van der Waals surface area contributed by atoms with E-state index in [1.54, 1.807) is 0 Å². The average Bonchev–Trinajstić information content (AvgIpc) is 2.71. The van der Waals surface area contributed by atoms with Crippen LogP contribution >= 0.6 is 0 Å². The van der Waals surface area contributed by atoms with Crippen LogP contribution < -0.4 is 0 Å². The number of aliphatic hydroxyl groups is 1. The van der Waals surface area contributed by atoms with Crippen LogP contribution in [0.4, 0.5) is 0 Å². The molecular formula is C19H26O7. The van der Waals surface area contributed by atoms with Crippen LogP contribution in [-0.4, -0.2) is 62.4 Å². The summed E-state index contributed by atoms with van der Waals surface area (Å²) >= 11 is 0. The van der Waals surface area contributed by atoms with E-state index in [1.165, 1.54) is 7.11 Å². The fraction of sp³-hybridized carbons (Fsp3) is 0.684. The zero-order valence-corrected chi connectivity index (χ0v) is 14.9. The van der Waals surface area contributed by atoms with Crippen molar-refractivity contribution in [3.8, 4) is 0 Å². The molecule has 144 valence electrons. The smallest absolute Gasteiger partial charge is 0.186 e. The molecule has 0 saturated carbocycles. The molecule has 1 N–H and O–H groups in total. The van der Waals surface area contributed by atoms with Gasteiger partial charge in [-0.3, -0.25) is 0 Å². The van der Waals surface area contributed by atoms with Gasteiger partial charge in [0.15, 0.2) is 18.9 Å². The van der Waals surface area contributed by atoms with Crippen molar-refractivity contribution in [3.05, 3.63) is 35.9 Å². The number of benzene rings is 1. The Morgan fingerprint density at radius 1 is 1.08 bits per heavy atom. The number of rotatable bonds is 4. The van der Waals surface area contributed by atoms with Crippen LogP contribution in [0.25, 0.3) is 0 Å². The highest BCUT2D eigenvalue weighted by Gasteiger charge is 2.51. The molecule has 7 atom stereocenters. The van der Waals surface area contributed by atoms with Crippen LogP contribution in [0.5, 0.6) is 0 Å². The van der Waals surface area contributed by atoms with Gasteiger partial charge in [-0.1, -0.05) is 30.3 Å². The van der Waals surface area contributed by atoms with Crippen molar-refractivity contribution >= 4 is 0 Å². The highest BCUT2D eigenvalue weighted by atomic mass is 16.8. The third kappa shape index (κ3) is 3.80. The lowest BCUT2D eigenvalue weighted by Crippen LogP contribution is -2.63. The number of methoxy groups -OCH3 is 1. The van der Waals surface area contributed by atoms with Crippen LogP contribution in [0.2, 0.25) is 0 Å². The van der Waals surface area contributed by atoms with Gasteiger partial charge in [-0.25, -0.2) is 0 Å².